The first kappa shape index (κ1) is 10.2. The Kier molecular flexibility index (Phi) is 4.59. The van der Waals surface area contributed by atoms with Crippen LogP contribution in [0.1, 0.15) is 27.2 Å². The lowest BCUT2D eigenvalue weighted by Crippen LogP contribution is -2.32. The minimum absolute atomic E-state index is 0.00977. The van der Waals surface area contributed by atoms with Crippen LogP contribution in [0, 0.1) is 5.92 Å². The van der Waals surface area contributed by atoms with Gasteiger partial charge in [0.05, 0.1) is 0 Å². The number of rotatable bonds is 4. The molecule has 11 heavy (non-hydrogen) atoms. The van der Waals surface area contributed by atoms with Gasteiger partial charge in [0.15, 0.2) is 0 Å². The summed E-state index contributed by atoms with van der Waals surface area (Å²) in [6, 6.07) is 0.132. The number of hydrogen-bond donors (Lipinski definition) is 1. The van der Waals surface area contributed by atoms with E-state index in [1.807, 2.05) is 0 Å². The van der Waals surface area contributed by atoms with Crippen molar-refractivity contribution in [2.24, 2.45) is 5.92 Å². The minimum Gasteiger partial charge on any atom is -0.350 e. The second-order valence-electron chi connectivity index (χ2n) is 3.17. The predicted molar refractivity (Wildman–Crippen MR) is 47.3 cm³/mol. The highest BCUT2D eigenvalue weighted by atomic mass is 16.1. The molecule has 0 saturated heterocycles. The SMILES string of the molecule is C=C[C@H](CC(C)C)NC(C)=O. The maximum absolute atomic E-state index is 10.6. The van der Waals surface area contributed by atoms with Gasteiger partial charge in [0, 0.05) is 13.0 Å². The van der Waals surface area contributed by atoms with E-state index in [1.54, 1.807) is 6.08 Å². The van der Waals surface area contributed by atoms with E-state index in [-0.39, 0.29) is 11.9 Å². The van der Waals surface area contributed by atoms with Gasteiger partial charge in [-0.3, -0.25) is 4.79 Å². The van der Waals surface area contributed by atoms with Crippen LogP contribution in [0.25, 0.3) is 0 Å². The summed E-state index contributed by atoms with van der Waals surface area (Å²) >= 11 is 0. The Labute approximate surface area is 68.7 Å². The molecule has 2 heteroatoms. The van der Waals surface area contributed by atoms with Gasteiger partial charge in [0.25, 0.3) is 0 Å². The highest BCUT2D eigenvalue weighted by Crippen LogP contribution is 2.04. The van der Waals surface area contributed by atoms with Crippen molar-refractivity contribution in [3.63, 3.8) is 0 Å². The molecule has 0 aliphatic heterocycles. The molecule has 0 spiro atoms. The van der Waals surface area contributed by atoms with E-state index in [2.05, 4.69) is 25.7 Å². The van der Waals surface area contributed by atoms with Crippen LogP contribution in [0.15, 0.2) is 12.7 Å². The van der Waals surface area contributed by atoms with Crippen LogP contribution < -0.4 is 5.32 Å². The van der Waals surface area contributed by atoms with Crippen molar-refractivity contribution >= 4 is 5.91 Å². The molecule has 0 aliphatic carbocycles. The zero-order chi connectivity index (χ0) is 8.85. The molecule has 0 aromatic rings. The molecule has 0 heterocycles. The molecule has 0 saturated carbocycles. The first-order valence-corrected chi connectivity index (χ1v) is 3.96. The van der Waals surface area contributed by atoms with Crippen molar-refractivity contribution < 1.29 is 4.79 Å². The number of amides is 1. The second-order valence-corrected chi connectivity index (χ2v) is 3.17. The van der Waals surface area contributed by atoms with Gasteiger partial charge in [-0.15, -0.1) is 6.58 Å². The summed E-state index contributed by atoms with van der Waals surface area (Å²) in [7, 11) is 0. The van der Waals surface area contributed by atoms with Crippen molar-refractivity contribution in [2.45, 2.75) is 33.2 Å². The zero-order valence-electron chi connectivity index (χ0n) is 7.55. The standard InChI is InChI=1S/C9H17NO/c1-5-9(6-7(2)3)10-8(4)11/h5,7,9H,1,6H2,2-4H3,(H,10,11)/t9-/m1/s1. The highest BCUT2D eigenvalue weighted by molar-refractivity contribution is 5.73. The Balaban J connectivity index is 3.76. The zero-order valence-corrected chi connectivity index (χ0v) is 7.55. The fourth-order valence-electron chi connectivity index (χ4n) is 0.983. The average molecular weight is 155 g/mol. The molecule has 0 unspecified atom stereocenters. The lowest BCUT2D eigenvalue weighted by atomic mass is 10.0. The molecule has 2 nitrogen and oxygen atoms in total. The van der Waals surface area contributed by atoms with Crippen molar-refractivity contribution in [3.05, 3.63) is 12.7 Å². The van der Waals surface area contributed by atoms with E-state index in [9.17, 15) is 4.79 Å². The Morgan fingerprint density at radius 2 is 2.18 bits per heavy atom. The van der Waals surface area contributed by atoms with E-state index in [0.717, 1.165) is 6.42 Å². The summed E-state index contributed by atoms with van der Waals surface area (Å²) in [6.45, 7) is 9.42. The number of carbonyl (C=O) groups excluding carboxylic acids is 1. The van der Waals surface area contributed by atoms with Gasteiger partial charge in [0.2, 0.25) is 5.91 Å². The van der Waals surface area contributed by atoms with Crippen molar-refractivity contribution in [3.8, 4) is 0 Å². The molecular weight excluding hydrogens is 138 g/mol. The number of hydrogen-bond acceptors (Lipinski definition) is 1. The van der Waals surface area contributed by atoms with Gasteiger partial charge in [-0.25, -0.2) is 0 Å². The van der Waals surface area contributed by atoms with Gasteiger partial charge in [-0.05, 0) is 12.3 Å². The molecule has 64 valence electrons. The summed E-state index contributed by atoms with van der Waals surface area (Å²) in [5.41, 5.74) is 0. The topological polar surface area (TPSA) is 29.1 Å². The molecule has 0 aromatic heterocycles. The largest absolute Gasteiger partial charge is 0.350 e. The van der Waals surface area contributed by atoms with E-state index < -0.39 is 0 Å². The predicted octanol–water partition coefficient (Wildman–Crippen LogP) is 1.72. The highest BCUT2D eigenvalue weighted by Gasteiger charge is 2.06. The van der Waals surface area contributed by atoms with Gasteiger partial charge in [-0.1, -0.05) is 19.9 Å². The van der Waals surface area contributed by atoms with Crippen LogP contribution >= 0.6 is 0 Å². The maximum atomic E-state index is 10.6. The van der Waals surface area contributed by atoms with Crippen LogP contribution in [0.2, 0.25) is 0 Å². The fourth-order valence-corrected chi connectivity index (χ4v) is 0.983. The lowest BCUT2D eigenvalue weighted by molar-refractivity contribution is -0.119. The van der Waals surface area contributed by atoms with Gasteiger partial charge in [-0.2, -0.15) is 0 Å². The minimum atomic E-state index is 0.00977. The van der Waals surface area contributed by atoms with Crippen LogP contribution in [0.3, 0.4) is 0 Å². The van der Waals surface area contributed by atoms with Crippen LogP contribution in [0.4, 0.5) is 0 Å². The molecule has 0 radical (unpaired) electrons. The van der Waals surface area contributed by atoms with Crippen LogP contribution in [-0.2, 0) is 4.79 Å². The van der Waals surface area contributed by atoms with E-state index in [0.29, 0.717) is 5.92 Å². The lowest BCUT2D eigenvalue weighted by Gasteiger charge is -2.15. The first-order valence-electron chi connectivity index (χ1n) is 3.96. The molecule has 1 N–H and O–H groups in total. The Morgan fingerprint density at radius 1 is 1.64 bits per heavy atom. The summed E-state index contributed by atoms with van der Waals surface area (Å²) < 4.78 is 0. The number of nitrogens with one attached hydrogen (secondary N) is 1. The smallest absolute Gasteiger partial charge is 0.217 e. The second kappa shape index (κ2) is 4.94. The number of carbonyl (C=O) groups is 1. The van der Waals surface area contributed by atoms with Crippen molar-refractivity contribution in [1.82, 2.24) is 5.32 Å². The molecule has 0 aromatic carbocycles. The first-order chi connectivity index (χ1) is 5.06. The van der Waals surface area contributed by atoms with Crippen molar-refractivity contribution in [1.29, 1.82) is 0 Å². The molecule has 1 amide bonds. The summed E-state index contributed by atoms with van der Waals surface area (Å²) in [6.07, 6.45) is 2.74. The molecule has 0 rings (SSSR count). The monoisotopic (exact) mass is 155 g/mol. The summed E-state index contributed by atoms with van der Waals surface area (Å²) in [4.78, 5) is 10.6. The van der Waals surface area contributed by atoms with Crippen LogP contribution in [0.5, 0.6) is 0 Å². The van der Waals surface area contributed by atoms with Crippen molar-refractivity contribution in [2.75, 3.05) is 0 Å². The Bertz CT molecular complexity index is 140. The van der Waals surface area contributed by atoms with E-state index in [1.165, 1.54) is 6.92 Å². The molecule has 0 fully saturated rings. The third kappa shape index (κ3) is 5.64. The molecule has 0 bridgehead atoms. The Morgan fingerprint density at radius 3 is 2.45 bits per heavy atom. The summed E-state index contributed by atoms with van der Waals surface area (Å²) in [5.74, 6) is 0.598. The third-order valence-electron chi connectivity index (χ3n) is 1.40. The van der Waals surface area contributed by atoms with Gasteiger partial charge >= 0.3 is 0 Å². The normalized spacial score (nSPS) is 12.7. The fraction of sp³-hybridized carbons (Fsp3) is 0.667. The van der Waals surface area contributed by atoms with E-state index >= 15 is 0 Å². The Hall–Kier alpha value is -0.790. The quantitative estimate of drug-likeness (QED) is 0.615. The maximum Gasteiger partial charge on any atom is 0.217 e. The van der Waals surface area contributed by atoms with Gasteiger partial charge in [0.1, 0.15) is 0 Å². The molecule has 0 aliphatic rings. The molecular formula is C9H17NO. The molecule has 1 atom stereocenters. The third-order valence-corrected chi connectivity index (χ3v) is 1.40. The average Bonchev–Trinajstić information content (AvgIpc) is 1.84. The summed E-state index contributed by atoms with van der Waals surface area (Å²) in [5, 5.41) is 2.80. The van der Waals surface area contributed by atoms with E-state index in [4.69, 9.17) is 0 Å². The van der Waals surface area contributed by atoms with Crippen LogP contribution in [-0.4, -0.2) is 11.9 Å². The van der Waals surface area contributed by atoms with Gasteiger partial charge < -0.3 is 5.32 Å².